The molecule has 1 N–H and O–H groups in total. The largest absolute Gasteiger partial charge is 0.370 e. The summed E-state index contributed by atoms with van der Waals surface area (Å²) in [4.78, 5) is 28.1. The third kappa shape index (κ3) is 3.43. The van der Waals surface area contributed by atoms with E-state index in [9.17, 15) is 9.59 Å². The van der Waals surface area contributed by atoms with E-state index in [2.05, 4.69) is 28.4 Å². The highest BCUT2D eigenvalue weighted by molar-refractivity contribution is 5.96. The highest BCUT2D eigenvalue weighted by atomic mass is 16.2. The molecule has 2 aliphatic heterocycles. The average molecular weight is 349 g/mol. The van der Waals surface area contributed by atoms with Gasteiger partial charge in [0.05, 0.1) is 0 Å². The Bertz CT molecular complexity index is 816. The Balaban J connectivity index is 1.30. The summed E-state index contributed by atoms with van der Waals surface area (Å²) in [5.74, 6) is 0.187. The molecule has 0 aliphatic carbocycles. The van der Waals surface area contributed by atoms with Crippen molar-refractivity contribution in [3.63, 3.8) is 0 Å². The van der Waals surface area contributed by atoms with Crippen LogP contribution in [0.1, 0.15) is 24.8 Å². The maximum absolute atomic E-state index is 12.3. The second-order valence-electron chi connectivity index (χ2n) is 6.86. The minimum atomic E-state index is 0.0133. The van der Waals surface area contributed by atoms with Gasteiger partial charge in [-0.1, -0.05) is 18.2 Å². The monoisotopic (exact) mass is 349 g/mol. The zero-order chi connectivity index (χ0) is 17.9. The number of anilines is 3. The standard InChI is InChI=1S/C21H23N3O2/c25-20(12-15-23-14-11-16-4-1-2-5-19(16)23)22-17-7-9-18(10-8-17)24-13-3-6-21(24)26/h1-2,4-5,7-10H,3,6,11-15H2,(H,22,25). The number of rotatable bonds is 5. The Kier molecular flexibility index (Phi) is 4.61. The SMILES string of the molecule is O=C(CCN1CCc2ccccc21)Nc1ccc(N2CCCC2=O)cc1. The molecule has 2 aliphatic rings. The minimum Gasteiger partial charge on any atom is -0.370 e. The van der Waals surface area contributed by atoms with E-state index in [0.717, 1.165) is 43.9 Å². The van der Waals surface area contributed by atoms with Crippen molar-refractivity contribution in [2.45, 2.75) is 25.7 Å². The van der Waals surface area contributed by atoms with E-state index in [-0.39, 0.29) is 11.8 Å². The maximum Gasteiger partial charge on any atom is 0.227 e. The molecule has 2 aromatic rings. The second kappa shape index (κ2) is 7.20. The zero-order valence-electron chi connectivity index (χ0n) is 14.8. The van der Waals surface area contributed by atoms with Crippen molar-refractivity contribution < 1.29 is 9.59 Å². The second-order valence-corrected chi connectivity index (χ2v) is 6.86. The Hall–Kier alpha value is -2.82. The molecule has 4 rings (SSSR count). The van der Waals surface area contributed by atoms with E-state index in [1.54, 1.807) is 4.90 Å². The van der Waals surface area contributed by atoms with Gasteiger partial charge >= 0.3 is 0 Å². The summed E-state index contributed by atoms with van der Waals surface area (Å²) < 4.78 is 0. The minimum absolute atomic E-state index is 0.0133. The molecular formula is C21H23N3O2. The molecule has 5 nitrogen and oxygen atoms in total. The number of carbonyl (C=O) groups is 2. The molecule has 0 atom stereocenters. The van der Waals surface area contributed by atoms with Crippen LogP contribution in [0.4, 0.5) is 17.1 Å². The van der Waals surface area contributed by atoms with Crippen LogP contribution in [0, 0.1) is 0 Å². The van der Waals surface area contributed by atoms with Crippen LogP contribution in [0.15, 0.2) is 48.5 Å². The number of nitrogens with one attached hydrogen (secondary N) is 1. The molecule has 5 heteroatoms. The van der Waals surface area contributed by atoms with Crippen LogP contribution in [0.2, 0.25) is 0 Å². The molecule has 2 amide bonds. The van der Waals surface area contributed by atoms with Gasteiger partial charge in [-0.2, -0.15) is 0 Å². The van der Waals surface area contributed by atoms with Crippen LogP contribution < -0.4 is 15.1 Å². The zero-order valence-corrected chi connectivity index (χ0v) is 14.8. The van der Waals surface area contributed by atoms with Crippen LogP contribution >= 0.6 is 0 Å². The fourth-order valence-corrected chi connectivity index (χ4v) is 3.74. The highest BCUT2D eigenvalue weighted by Crippen LogP contribution is 2.27. The van der Waals surface area contributed by atoms with E-state index < -0.39 is 0 Å². The van der Waals surface area contributed by atoms with Crippen LogP contribution in [-0.4, -0.2) is 31.4 Å². The van der Waals surface area contributed by atoms with Crippen molar-refractivity contribution in [1.82, 2.24) is 0 Å². The van der Waals surface area contributed by atoms with Crippen LogP contribution in [0.3, 0.4) is 0 Å². The smallest absolute Gasteiger partial charge is 0.227 e. The molecule has 0 bridgehead atoms. The lowest BCUT2D eigenvalue weighted by Gasteiger charge is -2.19. The summed E-state index contributed by atoms with van der Waals surface area (Å²) >= 11 is 0. The Morgan fingerprint density at radius 1 is 1.00 bits per heavy atom. The average Bonchev–Trinajstić information content (AvgIpc) is 3.27. The molecule has 0 unspecified atom stereocenters. The number of amides is 2. The lowest BCUT2D eigenvalue weighted by Crippen LogP contribution is -2.26. The van der Waals surface area contributed by atoms with Gasteiger partial charge in [-0.15, -0.1) is 0 Å². The van der Waals surface area contributed by atoms with Crippen molar-refractivity contribution in [2.24, 2.45) is 0 Å². The Morgan fingerprint density at radius 2 is 1.81 bits per heavy atom. The normalized spacial score (nSPS) is 16.1. The van der Waals surface area contributed by atoms with Gasteiger partial charge in [0.15, 0.2) is 0 Å². The van der Waals surface area contributed by atoms with E-state index in [0.29, 0.717) is 12.8 Å². The van der Waals surface area contributed by atoms with E-state index in [1.807, 2.05) is 30.3 Å². The molecule has 0 spiro atoms. The van der Waals surface area contributed by atoms with Gasteiger partial charge in [0.2, 0.25) is 11.8 Å². The first kappa shape index (κ1) is 16.6. The van der Waals surface area contributed by atoms with Gasteiger partial charge in [-0.3, -0.25) is 9.59 Å². The van der Waals surface area contributed by atoms with E-state index in [4.69, 9.17) is 0 Å². The number of hydrogen-bond acceptors (Lipinski definition) is 3. The number of para-hydroxylation sites is 1. The van der Waals surface area contributed by atoms with Gasteiger partial charge < -0.3 is 15.1 Å². The van der Waals surface area contributed by atoms with E-state index >= 15 is 0 Å². The Morgan fingerprint density at radius 3 is 2.58 bits per heavy atom. The predicted molar refractivity (Wildman–Crippen MR) is 104 cm³/mol. The predicted octanol–water partition coefficient (Wildman–Crippen LogP) is 3.20. The molecule has 1 fully saturated rings. The fourth-order valence-electron chi connectivity index (χ4n) is 3.74. The molecule has 26 heavy (non-hydrogen) atoms. The van der Waals surface area contributed by atoms with Crippen molar-refractivity contribution >= 4 is 28.9 Å². The number of hydrogen-bond donors (Lipinski definition) is 1. The van der Waals surface area contributed by atoms with Crippen molar-refractivity contribution in [1.29, 1.82) is 0 Å². The molecule has 0 aromatic heterocycles. The summed E-state index contributed by atoms with van der Waals surface area (Å²) in [7, 11) is 0. The first-order chi connectivity index (χ1) is 12.7. The topological polar surface area (TPSA) is 52.7 Å². The summed E-state index contributed by atoms with van der Waals surface area (Å²) in [6.07, 6.45) is 3.05. The van der Waals surface area contributed by atoms with Crippen molar-refractivity contribution in [3.8, 4) is 0 Å². The fraction of sp³-hybridized carbons (Fsp3) is 0.333. The number of nitrogens with zero attached hydrogens (tertiary/aromatic N) is 2. The maximum atomic E-state index is 12.3. The lowest BCUT2D eigenvalue weighted by molar-refractivity contribution is -0.117. The van der Waals surface area contributed by atoms with Gasteiger partial charge in [0.1, 0.15) is 0 Å². The van der Waals surface area contributed by atoms with Crippen LogP contribution in [0.5, 0.6) is 0 Å². The van der Waals surface area contributed by atoms with Gasteiger partial charge in [-0.25, -0.2) is 0 Å². The summed E-state index contributed by atoms with van der Waals surface area (Å²) in [6, 6.07) is 15.9. The molecule has 2 heterocycles. The Labute approximate surface area is 153 Å². The third-order valence-electron chi connectivity index (χ3n) is 5.13. The summed E-state index contributed by atoms with van der Waals surface area (Å²) in [5, 5.41) is 2.95. The van der Waals surface area contributed by atoms with Crippen molar-refractivity contribution in [2.75, 3.05) is 34.8 Å². The molecule has 0 saturated carbocycles. The molecule has 0 radical (unpaired) electrons. The van der Waals surface area contributed by atoms with E-state index in [1.165, 1.54) is 11.3 Å². The lowest BCUT2D eigenvalue weighted by atomic mass is 10.2. The summed E-state index contributed by atoms with van der Waals surface area (Å²) in [5.41, 5.74) is 4.28. The first-order valence-corrected chi connectivity index (χ1v) is 9.24. The molecule has 2 aromatic carbocycles. The number of fused-ring (bicyclic) bond motifs is 1. The van der Waals surface area contributed by atoms with Gasteiger partial charge in [-0.05, 0) is 48.7 Å². The van der Waals surface area contributed by atoms with Gasteiger partial charge in [0.25, 0.3) is 0 Å². The van der Waals surface area contributed by atoms with Gasteiger partial charge in [0, 0.05) is 49.5 Å². The quantitative estimate of drug-likeness (QED) is 0.902. The molecule has 1 saturated heterocycles. The third-order valence-corrected chi connectivity index (χ3v) is 5.13. The molecule has 134 valence electrons. The number of benzene rings is 2. The number of carbonyl (C=O) groups excluding carboxylic acids is 2. The first-order valence-electron chi connectivity index (χ1n) is 9.24. The highest BCUT2D eigenvalue weighted by Gasteiger charge is 2.21. The summed E-state index contributed by atoms with van der Waals surface area (Å²) in [6.45, 7) is 2.48. The molecular weight excluding hydrogens is 326 g/mol. The van der Waals surface area contributed by atoms with Crippen LogP contribution in [0.25, 0.3) is 0 Å². The van der Waals surface area contributed by atoms with Crippen molar-refractivity contribution in [3.05, 3.63) is 54.1 Å². The van der Waals surface area contributed by atoms with Crippen LogP contribution in [-0.2, 0) is 16.0 Å².